The molecule has 0 aromatic heterocycles. The van der Waals surface area contributed by atoms with Crippen molar-refractivity contribution in [1.82, 2.24) is 10.2 Å². The van der Waals surface area contributed by atoms with Crippen LogP contribution in [0.5, 0.6) is 0 Å². The summed E-state index contributed by atoms with van der Waals surface area (Å²) in [6.07, 6.45) is 0. The van der Waals surface area contributed by atoms with E-state index >= 15 is 0 Å². The molecule has 6 heteroatoms. The molecule has 0 aliphatic carbocycles. The zero-order valence-electron chi connectivity index (χ0n) is 13.9. The molecule has 1 saturated heterocycles. The van der Waals surface area contributed by atoms with E-state index in [4.69, 9.17) is 4.74 Å². The van der Waals surface area contributed by atoms with E-state index < -0.39 is 0 Å². The number of rotatable bonds is 6. The van der Waals surface area contributed by atoms with Gasteiger partial charge in [0.05, 0.1) is 23.7 Å². The highest BCUT2D eigenvalue weighted by atomic mass is 32.2. The Kier molecular flexibility index (Phi) is 6.44. The molecule has 1 amide bonds. The molecule has 1 fully saturated rings. The molecule has 0 spiro atoms. The summed E-state index contributed by atoms with van der Waals surface area (Å²) < 4.78 is 19.6. The van der Waals surface area contributed by atoms with E-state index in [0.717, 1.165) is 37.7 Å². The average Bonchev–Trinajstić information content (AvgIpc) is 2.65. The normalized spacial score (nSPS) is 15.1. The van der Waals surface area contributed by atoms with Gasteiger partial charge in [-0.2, -0.15) is 0 Å². The molecule has 132 valence electrons. The fourth-order valence-corrected chi connectivity index (χ4v) is 3.61. The summed E-state index contributed by atoms with van der Waals surface area (Å²) in [7, 11) is 0. The van der Waals surface area contributed by atoms with Gasteiger partial charge in [0.2, 0.25) is 0 Å². The van der Waals surface area contributed by atoms with Gasteiger partial charge in [-0.3, -0.25) is 9.69 Å². The minimum absolute atomic E-state index is 0.244. The van der Waals surface area contributed by atoms with Gasteiger partial charge in [0, 0.05) is 31.1 Å². The molecule has 3 rings (SSSR count). The number of carbonyl (C=O) groups excluding carboxylic acids is 1. The molecule has 2 aromatic rings. The summed E-state index contributed by atoms with van der Waals surface area (Å²) in [5, 5.41) is 2.90. The van der Waals surface area contributed by atoms with E-state index in [1.807, 2.05) is 30.3 Å². The first kappa shape index (κ1) is 17.9. The van der Waals surface area contributed by atoms with E-state index in [9.17, 15) is 9.18 Å². The highest BCUT2D eigenvalue weighted by molar-refractivity contribution is 7.99. The van der Waals surface area contributed by atoms with Crippen LogP contribution in [0.1, 0.15) is 10.4 Å². The van der Waals surface area contributed by atoms with Gasteiger partial charge in [-0.05, 0) is 24.3 Å². The lowest BCUT2D eigenvalue weighted by Gasteiger charge is -2.26. The molecule has 1 heterocycles. The number of nitrogens with one attached hydrogen (secondary N) is 1. The molecule has 25 heavy (non-hydrogen) atoms. The van der Waals surface area contributed by atoms with Gasteiger partial charge in [-0.15, -0.1) is 0 Å². The lowest BCUT2D eigenvalue weighted by molar-refractivity contribution is 0.0383. The molecule has 0 atom stereocenters. The number of nitrogens with zero attached hydrogens (tertiary/aromatic N) is 1. The highest BCUT2D eigenvalue weighted by Gasteiger charge is 2.17. The zero-order valence-corrected chi connectivity index (χ0v) is 14.7. The van der Waals surface area contributed by atoms with Crippen molar-refractivity contribution in [2.75, 3.05) is 39.4 Å². The van der Waals surface area contributed by atoms with Crippen LogP contribution in [-0.4, -0.2) is 50.2 Å². The Morgan fingerprint density at radius 2 is 1.88 bits per heavy atom. The first-order valence-corrected chi connectivity index (χ1v) is 9.15. The third kappa shape index (κ3) is 5.04. The second-order valence-corrected chi connectivity index (χ2v) is 6.83. The molecule has 1 N–H and O–H groups in total. The first-order chi connectivity index (χ1) is 12.2. The van der Waals surface area contributed by atoms with E-state index in [1.54, 1.807) is 12.1 Å². The topological polar surface area (TPSA) is 41.6 Å². The molecular formula is C19H21FN2O2S. The first-order valence-electron chi connectivity index (χ1n) is 8.34. The van der Waals surface area contributed by atoms with Gasteiger partial charge < -0.3 is 10.1 Å². The smallest absolute Gasteiger partial charge is 0.252 e. The van der Waals surface area contributed by atoms with E-state index in [-0.39, 0.29) is 11.7 Å². The predicted octanol–water partition coefficient (Wildman–Crippen LogP) is 3.04. The average molecular weight is 360 g/mol. The predicted molar refractivity (Wildman–Crippen MR) is 96.6 cm³/mol. The SMILES string of the molecule is O=C(NCCN1CCOCC1)c1cccc(F)c1Sc1ccccc1. The summed E-state index contributed by atoms with van der Waals surface area (Å²) in [5.41, 5.74) is 0.371. The highest BCUT2D eigenvalue weighted by Crippen LogP contribution is 2.32. The Bertz CT molecular complexity index is 706. The van der Waals surface area contributed by atoms with Crippen molar-refractivity contribution in [2.45, 2.75) is 9.79 Å². The summed E-state index contributed by atoms with van der Waals surface area (Å²) >= 11 is 1.27. The number of hydrogen-bond acceptors (Lipinski definition) is 4. The standard InChI is InChI=1S/C19H21FN2O2S/c20-17-8-4-7-16(18(17)25-15-5-2-1-3-6-15)19(23)21-9-10-22-11-13-24-14-12-22/h1-8H,9-14H2,(H,21,23). The number of amides is 1. The molecule has 0 saturated carbocycles. The van der Waals surface area contributed by atoms with Crippen molar-refractivity contribution in [2.24, 2.45) is 0 Å². The van der Waals surface area contributed by atoms with Gasteiger partial charge in [0.25, 0.3) is 5.91 Å². The lowest BCUT2D eigenvalue weighted by atomic mass is 10.2. The molecular weight excluding hydrogens is 339 g/mol. The summed E-state index contributed by atoms with van der Waals surface area (Å²) in [4.78, 5) is 16.0. The van der Waals surface area contributed by atoms with Gasteiger partial charge in [-0.25, -0.2) is 4.39 Å². The van der Waals surface area contributed by atoms with Crippen LogP contribution in [0, 0.1) is 5.82 Å². The molecule has 4 nitrogen and oxygen atoms in total. The largest absolute Gasteiger partial charge is 0.379 e. The van der Waals surface area contributed by atoms with Gasteiger partial charge in [0.15, 0.2) is 0 Å². The summed E-state index contributed by atoms with van der Waals surface area (Å²) in [6, 6.07) is 14.1. The Hall–Kier alpha value is -1.89. The molecule has 0 bridgehead atoms. The van der Waals surface area contributed by atoms with Crippen LogP contribution in [0.2, 0.25) is 0 Å². The third-order valence-corrected chi connectivity index (χ3v) is 5.12. The maximum atomic E-state index is 14.3. The number of ether oxygens (including phenoxy) is 1. The number of benzene rings is 2. The van der Waals surface area contributed by atoms with Gasteiger partial charge >= 0.3 is 0 Å². The van der Waals surface area contributed by atoms with Crippen molar-refractivity contribution in [3.8, 4) is 0 Å². The quantitative estimate of drug-likeness (QED) is 0.860. The van der Waals surface area contributed by atoms with Crippen molar-refractivity contribution < 1.29 is 13.9 Å². The van der Waals surface area contributed by atoms with Gasteiger partial charge in [0.1, 0.15) is 5.82 Å². The number of hydrogen-bond donors (Lipinski definition) is 1. The van der Waals surface area contributed by atoms with E-state index in [1.165, 1.54) is 17.8 Å². The zero-order chi connectivity index (χ0) is 17.5. The fraction of sp³-hybridized carbons (Fsp3) is 0.316. The van der Waals surface area contributed by atoms with Crippen molar-refractivity contribution in [3.63, 3.8) is 0 Å². The maximum absolute atomic E-state index is 14.3. The van der Waals surface area contributed by atoms with Crippen LogP contribution < -0.4 is 5.32 Å². The van der Waals surface area contributed by atoms with E-state index in [0.29, 0.717) is 17.0 Å². The van der Waals surface area contributed by atoms with Crippen molar-refractivity contribution in [3.05, 3.63) is 59.9 Å². The number of halogens is 1. The minimum Gasteiger partial charge on any atom is -0.379 e. The summed E-state index contributed by atoms with van der Waals surface area (Å²) in [6.45, 7) is 4.53. The van der Waals surface area contributed by atoms with Crippen LogP contribution in [0.4, 0.5) is 4.39 Å². The second-order valence-electron chi connectivity index (χ2n) is 5.74. The third-order valence-electron chi connectivity index (χ3n) is 3.99. The van der Waals surface area contributed by atoms with Crippen LogP contribution in [0.25, 0.3) is 0 Å². The summed E-state index contributed by atoms with van der Waals surface area (Å²) in [5.74, 6) is -0.624. The van der Waals surface area contributed by atoms with Crippen LogP contribution in [0.15, 0.2) is 58.3 Å². The maximum Gasteiger partial charge on any atom is 0.252 e. The number of morpholine rings is 1. The molecule has 0 radical (unpaired) electrons. The monoisotopic (exact) mass is 360 g/mol. The van der Waals surface area contributed by atoms with Gasteiger partial charge in [-0.1, -0.05) is 36.0 Å². The van der Waals surface area contributed by atoms with E-state index in [2.05, 4.69) is 10.2 Å². The van der Waals surface area contributed by atoms with Crippen LogP contribution >= 0.6 is 11.8 Å². The van der Waals surface area contributed by atoms with Crippen LogP contribution in [0.3, 0.4) is 0 Å². The molecule has 1 aliphatic rings. The number of carbonyl (C=O) groups is 1. The molecule has 1 aliphatic heterocycles. The van der Waals surface area contributed by atoms with Crippen molar-refractivity contribution in [1.29, 1.82) is 0 Å². The Labute approximate surface area is 151 Å². The molecule has 0 unspecified atom stereocenters. The molecule has 2 aromatic carbocycles. The Morgan fingerprint density at radius 1 is 1.12 bits per heavy atom. The van der Waals surface area contributed by atoms with Crippen molar-refractivity contribution >= 4 is 17.7 Å². The minimum atomic E-state index is -0.380. The lowest BCUT2D eigenvalue weighted by Crippen LogP contribution is -2.41. The van der Waals surface area contributed by atoms with Crippen LogP contribution in [-0.2, 0) is 4.74 Å². The Balaban J connectivity index is 1.64. The Morgan fingerprint density at radius 3 is 2.64 bits per heavy atom. The fourth-order valence-electron chi connectivity index (χ4n) is 2.65. The second kappa shape index (κ2) is 8.99.